The first-order valence-corrected chi connectivity index (χ1v) is 9.41. The number of amides is 1. The van der Waals surface area contributed by atoms with E-state index >= 15 is 0 Å². The molecular formula is C16H22N4OS. The van der Waals surface area contributed by atoms with Gasteiger partial charge in [-0.15, -0.1) is 0 Å². The molecular weight excluding hydrogens is 296 g/mol. The molecule has 1 amide bonds. The fourth-order valence-corrected chi connectivity index (χ4v) is 4.19. The Morgan fingerprint density at radius 2 is 2.00 bits per heavy atom. The average molecular weight is 318 g/mol. The third-order valence-corrected chi connectivity index (χ3v) is 5.73. The van der Waals surface area contributed by atoms with Crippen molar-refractivity contribution in [1.29, 1.82) is 0 Å². The van der Waals surface area contributed by atoms with Crippen LogP contribution in [-0.2, 0) is 4.79 Å². The quantitative estimate of drug-likeness (QED) is 0.850. The van der Waals surface area contributed by atoms with Crippen molar-refractivity contribution in [2.45, 2.75) is 25.2 Å². The maximum Gasteiger partial charge on any atom is 0.227 e. The normalized spacial score (nSPS) is 25.5. The molecule has 3 heterocycles. The monoisotopic (exact) mass is 318 g/mol. The second-order valence-electron chi connectivity index (χ2n) is 6.42. The van der Waals surface area contributed by atoms with Crippen LogP contribution in [0.25, 0.3) is 0 Å². The highest BCUT2D eigenvalue weighted by Crippen LogP contribution is 2.38. The first-order chi connectivity index (χ1) is 10.8. The summed E-state index contributed by atoms with van der Waals surface area (Å²) in [6.45, 7) is 3.57. The summed E-state index contributed by atoms with van der Waals surface area (Å²) in [4.78, 5) is 26.0. The van der Waals surface area contributed by atoms with Gasteiger partial charge in [0.1, 0.15) is 11.6 Å². The second-order valence-corrected chi connectivity index (χ2v) is 7.64. The third kappa shape index (κ3) is 2.93. The maximum absolute atomic E-state index is 12.6. The Morgan fingerprint density at radius 3 is 2.77 bits per heavy atom. The molecule has 5 nitrogen and oxygen atoms in total. The minimum Gasteiger partial charge on any atom is -0.356 e. The minimum absolute atomic E-state index is 0.141. The molecule has 3 aliphatic rings. The molecule has 1 unspecified atom stereocenters. The van der Waals surface area contributed by atoms with Gasteiger partial charge in [0.25, 0.3) is 0 Å². The summed E-state index contributed by atoms with van der Waals surface area (Å²) in [6.07, 6.45) is 5.26. The highest BCUT2D eigenvalue weighted by atomic mass is 32.2. The van der Waals surface area contributed by atoms with Gasteiger partial charge in [-0.1, -0.05) is 0 Å². The van der Waals surface area contributed by atoms with Crippen molar-refractivity contribution in [2.24, 2.45) is 5.92 Å². The second kappa shape index (κ2) is 6.07. The Bertz CT molecular complexity index is 557. The van der Waals surface area contributed by atoms with E-state index < -0.39 is 0 Å². The molecule has 0 N–H and O–H groups in total. The first-order valence-electron chi connectivity index (χ1n) is 8.25. The lowest BCUT2D eigenvalue weighted by atomic mass is 10.1. The molecule has 1 atom stereocenters. The van der Waals surface area contributed by atoms with E-state index in [0.717, 1.165) is 55.7 Å². The number of aromatic nitrogens is 2. The van der Waals surface area contributed by atoms with Crippen LogP contribution in [0.2, 0.25) is 0 Å². The van der Waals surface area contributed by atoms with Crippen molar-refractivity contribution in [1.82, 2.24) is 14.9 Å². The van der Waals surface area contributed by atoms with Gasteiger partial charge in [0, 0.05) is 49.8 Å². The van der Waals surface area contributed by atoms with Crippen LogP contribution in [0.1, 0.15) is 31.0 Å². The van der Waals surface area contributed by atoms with Gasteiger partial charge in [0.05, 0.1) is 5.92 Å². The smallest absolute Gasteiger partial charge is 0.227 e. The number of rotatable bonds is 3. The summed E-state index contributed by atoms with van der Waals surface area (Å²) < 4.78 is 0. The van der Waals surface area contributed by atoms with E-state index in [2.05, 4.69) is 14.8 Å². The maximum atomic E-state index is 12.6. The van der Waals surface area contributed by atoms with E-state index in [0.29, 0.717) is 11.8 Å². The van der Waals surface area contributed by atoms with E-state index in [1.807, 2.05) is 24.0 Å². The third-order valence-electron chi connectivity index (χ3n) is 4.79. The van der Waals surface area contributed by atoms with Crippen LogP contribution in [0.5, 0.6) is 0 Å². The topological polar surface area (TPSA) is 49.3 Å². The lowest BCUT2D eigenvalue weighted by Crippen LogP contribution is -2.42. The molecule has 1 aliphatic carbocycles. The summed E-state index contributed by atoms with van der Waals surface area (Å²) in [6, 6.07) is 1.98. The molecule has 0 radical (unpaired) electrons. The zero-order valence-corrected chi connectivity index (χ0v) is 13.6. The molecule has 3 fully saturated rings. The van der Waals surface area contributed by atoms with E-state index in [9.17, 15) is 4.79 Å². The number of thioether (sulfide) groups is 1. The Morgan fingerprint density at radius 1 is 1.18 bits per heavy atom. The van der Waals surface area contributed by atoms with E-state index in [1.54, 1.807) is 0 Å². The van der Waals surface area contributed by atoms with Crippen molar-refractivity contribution >= 4 is 23.5 Å². The lowest BCUT2D eigenvalue weighted by Gasteiger charge is -2.29. The molecule has 0 bridgehead atoms. The Kier molecular flexibility index (Phi) is 3.94. The number of nitrogens with zero attached hydrogens (tertiary/aromatic N) is 4. The van der Waals surface area contributed by atoms with Crippen LogP contribution in [0, 0.1) is 5.92 Å². The van der Waals surface area contributed by atoms with Crippen molar-refractivity contribution < 1.29 is 4.79 Å². The van der Waals surface area contributed by atoms with Gasteiger partial charge in [-0.2, -0.15) is 11.8 Å². The summed E-state index contributed by atoms with van der Waals surface area (Å²) in [5, 5.41) is 0. The van der Waals surface area contributed by atoms with Crippen molar-refractivity contribution in [3.05, 3.63) is 18.1 Å². The first kappa shape index (κ1) is 14.3. The fraction of sp³-hybridized carbons (Fsp3) is 0.688. The lowest BCUT2D eigenvalue weighted by molar-refractivity contribution is -0.134. The molecule has 0 spiro atoms. The Labute approximate surface area is 135 Å². The predicted octanol–water partition coefficient (Wildman–Crippen LogP) is 1.76. The molecule has 6 heteroatoms. The molecule has 1 saturated carbocycles. The molecule has 1 aromatic heterocycles. The number of carbonyl (C=O) groups excluding carboxylic acids is 1. The fourth-order valence-electron chi connectivity index (χ4n) is 3.29. The molecule has 1 aromatic rings. The van der Waals surface area contributed by atoms with Crippen LogP contribution in [0.3, 0.4) is 0 Å². The summed E-state index contributed by atoms with van der Waals surface area (Å²) in [5.41, 5.74) is 0. The molecule has 4 rings (SSSR count). The summed E-state index contributed by atoms with van der Waals surface area (Å²) in [5.74, 6) is 5.21. The van der Waals surface area contributed by atoms with Gasteiger partial charge in [-0.05, 0) is 25.3 Å². The van der Waals surface area contributed by atoms with Crippen molar-refractivity contribution in [3.8, 4) is 0 Å². The van der Waals surface area contributed by atoms with Crippen LogP contribution < -0.4 is 4.90 Å². The summed E-state index contributed by atoms with van der Waals surface area (Å²) in [7, 11) is 0. The Hall–Kier alpha value is -1.30. The summed E-state index contributed by atoms with van der Waals surface area (Å²) >= 11 is 1.94. The van der Waals surface area contributed by atoms with Crippen molar-refractivity contribution in [3.63, 3.8) is 0 Å². The molecule has 2 saturated heterocycles. The standard InChI is InChI=1S/C16H22N4OS/c21-16(19-7-9-22-10-8-19)13-4-6-20(11-13)14-3-5-17-15(18-14)12-1-2-12/h3,5,12-13H,1-2,4,6-11H2. The Balaban J connectivity index is 1.41. The number of carbonyl (C=O) groups is 1. The molecule has 22 heavy (non-hydrogen) atoms. The van der Waals surface area contributed by atoms with Crippen LogP contribution in [0.4, 0.5) is 5.82 Å². The van der Waals surface area contributed by atoms with Crippen LogP contribution in [-0.4, -0.2) is 58.5 Å². The van der Waals surface area contributed by atoms with Gasteiger partial charge in [0.2, 0.25) is 5.91 Å². The van der Waals surface area contributed by atoms with Gasteiger partial charge in [0.15, 0.2) is 0 Å². The number of hydrogen-bond donors (Lipinski definition) is 0. The van der Waals surface area contributed by atoms with Gasteiger partial charge in [-0.3, -0.25) is 4.79 Å². The predicted molar refractivity (Wildman–Crippen MR) is 88.2 cm³/mol. The number of anilines is 1. The van der Waals surface area contributed by atoms with Crippen molar-refractivity contribution in [2.75, 3.05) is 42.6 Å². The number of hydrogen-bond acceptors (Lipinski definition) is 5. The zero-order valence-electron chi connectivity index (χ0n) is 12.8. The average Bonchev–Trinajstić information content (AvgIpc) is 3.32. The van der Waals surface area contributed by atoms with E-state index in [1.165, 1.54) is 12.8 Å². The zero-order chi connectivity index (χ0) is 14.9. The van der Waals surface area contributed by atoms with Crippen LogP contribution in [0.15, 0.2) is 12.3 Å². The SMILES string of the molecule is O=C(C1CCN(c2ccnc(C3CC3)n2)C1)N1CCSCC1. The highest BCUT2D eigenvalue weighted by Gasteiger charge is 2.33. The van der Waals surface area contributed by atoms with Gasteiger partial charge < -0.3 is 9.80 Å². The molecule has 2 aliphatic heterocycles. The molecule has 0 aromatic carbocycles. The van der Waals surface area contributed by atoms with E-state index in [-0.39, 0.29) is 5.92 Å². The highest BCUT2D eigenvalue weighted by molar-refractivity contribution is 7.99. The van der Waals surface area contributed by atoms with Gasteiger partial charge >= 0.3 is 0 Å². The van der Waals surface area contributed by atoms with Gasteiger partial charge in [-0.25, -0.2) is 9.97 Å². The van der Waals surface area contributed by atoms with E-state index in [4.69, 9.17) is 4.98 Å². The molecule has 118 valence electrons. The minimum atomic E-state index is 0.141. The largest absolute Gasteiger partial charge is 0.356 e. The van der Waals surface area contributed by atoms with Crippen LogP contribution >= 0.6 is 11.8 Å².